The number of fused-ring (bicyclic) bond motifs is 1. The topological polar surface area (TPSA) is 58.8 Å². The molecule has 2 aliphatic rings. The summed E-state index contributed by atoms with van der Waals surface area (Å²) in [6.07, 6.45) is 1.78. The molecule has 2 aliphatic heterocycles. The molecule has 6 nitrogen and oxygen atoms in total. The lowest BCUT2D eigenvalue weighted by Crippen LogP contribution is -2.56. The van der Waals surface area contributed by atoms with Crippen molar-refractivity contribution < 1.29 is 14.1 Å². The molecule has 0 spiro atoms. The number of piperidine rings is 1. The highest BCUT2D eigenvalue weighted by Gasteiger charge is 2.53. The summed E-state index contributed by atoms with van der Waals surface area (Å²) >= 11 is 0. The number of ether oxygens (including phenoxy) is 1. The molecule has 3 rings (SSSR count). The molecule has 0 saturated carbocycles. The van der Waals surface area contributed by atoms with Crippen LogP contribution < -0.4 is 0 Å². The van der Waals surface area contributed by atoms with Gasteiger partial charge in [0.25, 0.3) is 0 Å². The average molecular weight is 307 g/mol. The van der Waals surface area contributed by atoms with Crippen molar-refractivity contribution in [1.29, 1.82) is 0 Å². The summed E-state index contributed by atoms with van der Waals surface area (Å²) in [5.74, 6) is 1.06. The van der Waals surface area contributed by atoms with Crippen LogP contribution in [0.15, 0.2) is 4.52 Å². The zero-order valence-electron chi connectivity index (χ0n) is 13.9. The van der Waals surface area contributed by atoms with E-state index in [1.807, 2.05) is 27.9 Å². The summed E-state index contributed by atoms with van der Waals surface area (Å²) in [5.41, 5.74) is 1.70. The maximum absolute atomic E-state index is 12.8. The van der Waals surface area contributed by atoms with Gasteiger partial charge in [0.15, 0.2) is 0 Å². The summed E-state index contributed by atoms with van der Waals surface area (Å²) < 4.78 is 11.1. The van der Waals surface area contributed by atoms with Crippen LogP contribution in [-0.4, -0.2) is 60.8 Å². The van der Waals surface area contributed by atoms with E-state index in [9.17, 15) is 4.79 Å². The van der Waals surface area contributed by atoms with Crippen LogP contribution in [0, 0.1) is 19.3 Å². The van der Waals surface area contributed by atoms with Crippen LogP contribution >= 0.6 is 0 Å². The summed E-state index contributed by atoms with van der Waals surface area (Å²) in [6.45, 7) is 7.08. The smallest absolute Gasteiger partial charge is 0.232 e. The number of aryl methyl sites for hydroxylation is 2. The molecule has 0 unspecified atom stereocenters. The minimum atomic E-state index is -0.388. The van der Waals surface area contributed by atoms with E-state index in [4.69, 9.17) is 9.26 Å². The Hall–Kier alpha value is -1.40. The van der Waals surface area contributed by atoms with Crippen molar-refractivity contribution in [3.05, 3.63) is 17.0 Å². The molecule has 2 atom stereocenters. The molecule has 0 bridgehead atoms. The van der Waals surface area contributed by atoms with Gasteiger partial charge >= 0.3 is 0 Å². The van der Waals surface area contributed by atoms with Gasteiger partial charge in [0, 0.05) is 45.9 Å². The molecular formula is C16H25N3O3. The first kappa shape index (κ1) is 15.5. The molecular weight excluding hydrogens is 282 g/mol. The minimum absolute atomic E-state index is 0.0586. The largest absolute Gasteiger partial charge is 0.377 e. The van der Waals surface area contributed by atoms with Crippen LogP contribution in [0.2, 0.25) is 0 Å². The number of rotatable bonds is 3. The van der Waals surface area contributed by atoms with E-state index < -0.39 is 0 Å². The Morgan fingerprint density at radius 3 is 2.86 bits per heavy atom. The highest BCUT2D eigenvalue weighted by molar-refractivity contribution is 5.83. The zero-order chi connectivity index (χ0) is 15.9. The molecule has 0 N–H and O–H groups in total. The quantitative estimate of drug-likeness (QED) is 0.844. The summed E-state index contributed by atoms with van der Waals surface area (Å²) in [7, 11) is 3.67. The third-order valence-corrected chi connectivity index (χ3v) is 5.09. The Bertz CT molecular complexity index is 549. The SMILES string of the molecule is Cc1noc(C)c1CN1CC[C@@H]2OCC[C@]2(C(=O)N(C)C)C1. The second-order valence-electron chi connectivity index (χ2n) is 6.77. The lowest BCUT2D eigenvalue weighted by Gasteiger charge is -2.43. The molecule has 1 aromatic heterocycles. The van der Waals surface area contributed by atoms with Gasteiger partial charge in [0.2, 0.25) is 5.91 Å². The number of nitrogens with zero attached hydrogens (tertiary/aromatic N) is 3. The van der Waals surface area contributed by atoms with Crippen molar-refractivity contribution in [1.82, 2.24) is 15.0 Å². The Labute approximate surface area is 131 Å². The van der Waals surface area contributed by atoms with Gasteiger partial charge in [0.05, 0.1) is 17.2 Å². The van der Waals surface area contributed by atoms with Crippen LogP contribution in [0.5, 0.6) is 0 Å². The van der Waals surface area contributed by atoms with E-state index in [1.54, 1.807) is 4.90 Å². The van der Waals surface area contributed by atoms with Gasteiger partial charge in [0.1, 0.15) is 5.76 Å². The Morgan fingerprint density at radius 2 is 2.23 bits per heavy atom. The normalized spacial score (nSPS) is 28.6. The summed E-state index contributed by atoms with van der Waals surface area (Å²) in [5, 5.41) is 4.03. The van der Waals surface area contributed by atoms with Crippen molar-refractivity contribution in [3.63, 3.8) is 0 Å². The molecule has 22 heavy (non-hydrogen) atoms. The highest BCUT2D eigenvalue weighted by Crippen LogP contribution is 2.42. The lowest BCUT2D eigenvalue weighted by atomic mass is 9.75. The number of amides is 1. The Kier molecular flexibility index (Phi) is 3.99. The Balaban J connectivity index is 1.80. The van der Waals surface area contributed by atoms with E-state index in [1.165, 1.54) is 0 Å². The lowest BCUT2D eigenvalue weighted by molar-refractivity contribution is -0.148. The van der Waals surface area contributed by atoms with Gasteiger partial charge in [-0.15, -0.1) is 0 Å². The fraction of sp³-hybridized carbons (Fsp3) is 0.750. The molecule has 1 aromatic rings. The molecule has 0 radical (unpaired) electrons. The van der Waals surface area contributed by atoms with E-state index in [-0.39, 0.29) is 17.4 Å². The fourth-order valence-corrected chi connectivity index (χ4v) is 3.87. The van der Waals surface area contributed by atoms with Gasteiger partial charge in [-0.25, -0.2) is 0 Å². The second-order valence-corrected chi connectivity index (χ2v) is 6.77. The number of hydrogen-bond donors (Lipinski definition) is 0. The zero-order valence-corrected chi connectivity index (χ0v) is 13.9. The van der Waals surface area contributed by atoms with E-state index in [2.05, 4.69) is 10.1 Å². The maximum atomic E-state index is 12.8. The molecule has 0 aliphatic carbocycles. The molecule has 2 saturated heterocycles. The van der Waals surface area contributed by atoms with Gasteiger partial charge < -0.3 is 14.2 Å². The van der Waals surface area contributed by atoms with Crippen molar-refractivity contribution in [2.45, 2.75) is 39.3 Å². The predicted octanol–water partition coefficient (Wildman–Crippen LogP) is 1.36. The first-order valence-corrected chi connectivity index (χ1v) is 7.91. The first-order valence-electron chi connectivity index (χ1n) is 7.91. The van der Waals surface area contributed by atoms with Crippen LogP contribution in [-0.2, 0) is 16.1 Å². The Morgan fingerprint density at radius 1 is 1.45 bits per heavy atom. The number of aromatic nitrogens is 1. The van der Waals surface area contributed by atoms with Gasteiger partial charge in [-0.05, 0) is 26.7 Å². The van der Waals surface area contributed by atoms with Gasteiger partial charge in [-0.3, -0.25) is 9.69 Å². The number of likely N-dealkylation sites (tertiary alicyclic amines) is 1. The van der Waals surface area contributed by atoms with Crippen molar-refractivity contribution in [2.24, 2.45) is 5.41 Å². The van der Waals surface area contributed by atoms with Crippen LogP contribution in [0.25, 0.3) is 0 Å². The number of carbonyl (C=O) groups is 1. The summed E-state index contributed by atoms with van der Waals surface area (Å²) in [4.78, 5) is 16.8. The van der Waals surface area contributed by atoms with E-state index in [0.29, 0.717) is 6.61 Å². The van der Waals surface area contributed by atoms with Crippen molar-refractivity contribution in [3.8, 4) is 0 Å². The average Bonchev–Trinajstić information content (AvgIpc) is 3.05. The molecule has 0 aromatic carbocycles. The van der Waals surface area contributed by atoms with E-state index in [0.717, 1.165) is 49.5 Å². The van der Waals surface area contributed by atoms with Crippen LogP contribution in [0.1, 0.15) is 29.9 Å². The van der Waals surface area contributed by atoms with Gasteiger partial charge in [-0.2, -0.15) is 0 Å². The molecule has 1 amide bonds. The van der Waals surface area contributed by atoms with Gasteiger partial charge in [-0.1, -0.05) is 5.16 Å². The maximum Gasteiger partial charge on any atom is 0.232 e. The number of hydrogen-bond acceptors (Lipinski definition) is 5. The number of carbonyl (C=O) groups excluding carboxylic acids is 1. The minimum Gasteiger partial charge on any atom is -0.377 e. The van der Waals surface area contributed by atoms with Crippen molar-refractivity contribution in [2.75, 3.05) is 33.8 Å². The predicted molar refractivity (Wildman–Crippen MR) is 81.4 cm³/mol. The molecule has 2 fully saturated rings. The monoisotopic (exact) mass is 307 g/mol. The van der Waals surface area contributed by atoms with Crippen molar-refractivity contribution >= 4 is 5.91 Å². The summed E-state index contributed by atoms with van der Waals surface area (Å²) in [6, 6.07) is 0. The van der Waals surface area contributed by atoms with Crippen LogP contribution in [0.3, 0.4) is 0 Å². The first-order chi connectivity index (χ1) is 10.4. The fourth-order valence-electron chi connectivity index (χ4n) is 3.87. The third-order valence-electron chi connectivity index (χ3n) is 5.09. The molecule has 3 heterocycles. The molecule has 6 heteroatoms. The molecule has 122 valence electrons. The standard InChI is InChI=1S/C16H25N3O3/c1-11-13(12(2)22-17-11)9-19-7-5-14-16(10-19,6-8-21-14)15(20)18(3)4/h14H,5-10H2,1-4H3/t14-,16-/m0/s1. The highest BCUT2D eigenvalue weighted by atomic mass is 16.5. The van der Waals surface area contributed by atoms with Crippen LogP contribution in [0.4, 0.5) is 0 Å². The van der Waals surface area contributed by atoms with E-state index >= 15 is 0 Å². The third kappa shape index (κ3) is 2.44. The second kappa shape index (κ2) is 5.66.